The van der Waals surface area contributed by atoms with Gasteiger partial charge in [0.1, 0.15) is 0 Å². The Kier molecular flexibility index (Phi) is 6.44. The van der Waals surface area contributed by atoms with Crippen LogP contribution in [0.25, 0.3) is 0 Å². The summed E-state index contributed by atoms with van der Waals surface area (Å²) in [4.78, 5) is 12.7. The third-order valence-corrected chi connectivity index (χ3v) is 6.90. The number of nitrogens with one attached hydrogen (secondary N) is 1. The van der Waals surface area contributed by atoms with Gasteiger partial charge in [0.2, 0.25) is 10.0 Å². The Morgan fingerprint density at radius 1 is 1.17 bits per heavy atom. The van der Waals surface area contributed by atoms with Crippen molar-refractivity contribution in [2.24, 2.45) is 0 Å². The summed E-state index contributed by atoms with van der Waals surface area (Å²) in [6.07, 6.45) is 6.71. The molecule has 5 nitrogen and oxygen atoms in total. The molecule has 0 heterocycles. The Bertz CT molecular complexity index is 666. The van der Waals surface area contributed by atoms with Crippen molar-refractivity contribution < 1.29 is 13.2 Å². The standard InChI is InChI=1S/C16H23IN2O3S/c1-19(2)23(21,22)13-9-10-15(17)14(11-13)16(20)18-12-7-5-3-4-6-8-12/h9-12H,3-8H2,1-2H3,(H,18,20). The van der Waals surface area contributed by atoms with Crippen molar-refractivity contribution in [3.63, 3.8) is 0 Å². The number of carbonyl (C=O) groups is 1. The van der Waals surface area contributed by atoms with Crippen LogP contribution in [0, 0.1) is 3.57 Å². The number of rotatable bonds is 4. The van der Waals surface area contributed by atoms with Crippen molar-refractivity contribution in [2.45, 2.75) is 49.5 Å². The number of amides is 1. The Balaban J connectivity index is 2.22. The lowest BCUT2D eigenvalue weighted by Gasteiger charge is -2.18. The van der Waals surface area contributed by atoms with Crippen LogP contribution in [0.2, 0.25) is 0 Å². The summed E-state index contributed by atoms with van der Waals surface area (Å²) >= 11 is 2.07. The number of sulfonamides is 1. The van der Waals surface area contributed by atoms with Gasteiger partial charge in [-0.1, -0.05) is 25.7 Å². The summed E-state index contributed by atoms with van der Waals surface area (Å²) in [7, 11) is -0.569. The minimum Gasteiger partial charge on any atom is -0.349 e. The average Bonchev–Trinajstić information content (AvgIpc) is 2.75. The van der Waals surface area contributed by atoms with Gasteiger partial charge in [-0.15, -0.1) is 0 Å². The SMILES string of the molecule is CN(C)S(=O)(=O)c1ccc(I)c(C(=O)NC2CCCCCC2)c1. The van der Waals surface area contributed by atoms with Crippen LogP contribution in [0.5, 0.6) is 0 Å². The van der Waals surface area contributed by atoms with E-state index in [1.807, 2.05) is 0 Å². The number of halogens is 1. The molecule has 1 fully saturated rings. The molecule has 0 atom stereocenters. The number of hydrogen-bond acceptors (Lipinski definition) is 3. The van der Waals surface area contributed by atoms with Crippen molar-refractivity contribution in [3.8, 4) is 0 Å². The molecule has 1 aromatic rings. The predicted octanol–water partition coefficient (Wildman–Crippen LogP) is 2.99. The molecule has 1 aliphatic rings. The van der Waals surface area contributed by atoms with Crippen LogP contribution in [0.15, 0.2) is 23.1 Å². The average molecular weight is 450 g/mol. The first-order chi connectivity index (χ1) is 10.8. The molecule has 0 bridgehead atoms. The zero-order chi connectivity index (χ0) is 17.0. The lowest BCUT2D eigenvalue weighted by Crippen LogP contribution is -2.35. The smallest absolute Gasteiger partial charge is 0.252 e. The van der Waals surface area contributed by atoms with Crippen LogP contribution < -0.4 is 5.32 Å². The van der Waals surface area contributed by atoms with Gasteiger partial charge in [0.25, 0.3) is 5.91 Å². The first-order valence-corrected chi connectivity index (χ1v) is 10.4. The van der Waals surface area contributed by atoms with Crippen molar-refractivity contribution in [1.82, 2.24) is 9.62 Å². The van der Waals surface area contributed by atoms with E-state index in [2.05, 4.69) is 27.9 Å². The molecule has 0 aliphatic heterocycles. The molecule has 2 rings (SSSR count). The van der Waals surface area contributed by atoms with Crippen LogP contribution in [0.4, 0.5) is 0 Å². The van der Waals surface area contributed by atoms with Gasteiger partial charge in [0.05, 0.1) is 10.5 Å². The fourth-order valence-electron chi connectivity index (χ4n) is 2.74. The van der Waals surface area contributed by atoms with Gasteiger partial charge in [-0.2, -0.15) is 0 Å². The molecule has 128 valence electrons. The molecule has 1 aromatic carbocycles. The first-order valence-electron chi connectivity index (χ1n) is 7.85. The molecule has 0 aromatic heterocycles. The van der Waals surface area contributed by atoms with Crippen LogP contribution in [0.1, 0.15) is 48.9 Å². The highest BCUT2D eigenvalue weighted by Gasteiger charge is 2.22. The topological polar surface area (TPSA) is 66.5 Å². The molecule has 0 unspecified atom stereocenters. The molecule has 23 heavy (non-hydrogen) atoms. The molecule has 0 saturated heterocycles. The Morgan fingerprint density at radius 2 is 1.78 bits per heavy atom. The highest BCUT2D eigenvalue weighted by atomic mass is 127. The third kappa shape index (κ3) is 4.67. The second kappa shape index (κ2) is 7.94. The highest BCUT2D eigenvalue weighted by molar-refractivity contribution is 14.1. The highest BCUT2D eigenvalue weighted by Crippen LogP contribution is 2.22. The van der Waals surface area contributed by atoms with Crippen LogP contribution in [0.3, 0.4) is 0 Å². The van der Waals surface area contributed by atoms with E-state index in [9.17, 15) is 13.2 Å². The van der Waals surface area contributed by atoms with Gasteiger partial charge in [0, 0.05) is 23.7 Å². The maximum absolute atomic E-state index is 12.6. The Morgan fingerprint density at radius 3 is 2.35 bits per heavy atom. The van der Waals surface area contributed by atoms with E-state index in [1.54, 1.807) is 12.1 Å². The molecule has 1 saturated carbocycles. The lowest BCUT2D eigenvalue weighted by molar-refractivity contribution is 0.0932. The summed E-state index contributed by atoms with van der Waals surface area (Å²) in [5.41, 5.74) is 0.428. The molecule has 0 spiro atoms. The zero-order valence-electron chi connectivity index (χ0n) is 13.5. The quantitative estimate of drug-likeness (QED) is 0.567. The van der Waals surface area contributed by atoms with E-state index in [0.29, 0.717) is 5.56 Å². The number of benzene rings is 1. The van der Waals surface area contributed by atoms with Gasteiger partial charge in [0.15, 0.2) is 0 Å². The predicted molar refractivity (Wildman–Crippen MR) is 99.0 cm³/mol. The minimum absolute atomic E-state index is 0.147. The first kappa shape index (κ1) is 18.7. The van der Waals surface area contributed by atoms with Crippen LogP contribution in [-0.2, 0) is 10.0 Å². The fraction of sp³-hybridized carbons (Fsp3) is 0.562. The Labute approximate surface area is 152 Å². The van der Waals surface area contributed by atoms with E-state index in [1.165, 1.54) is 33.0 Å². The van der Waals surface area contributed by atoms with Crippen molar-refractivity contribution >= 4 is 38.5 Å². The largest absolute Gasteiger partial charge is 0.349 e. The van der Waals surface area contributed by atoms with Gasteiger partial charge in [-0.05, 0) is 53.6 Å². The summed E-state index contributed by atoms with van der Waals surface area (Å²) in [6, 6.07) is 4.89. The summed E-state index contributed by atoms with van der Waals surface area (Å²) in [5, 5.41) is 3.07. The maximum atomic E-state index is 12.6. The van der Waals surface area contributed by atoms with E-state index in [4.69, 9.17) is 0 Å². The molecular formula is C16H23IN2O3S. The monoisotopic (exact) mass is 450 g/mol. The van der Waals surface area contributed by atoms with E-state index in [-0.39, 0.29) is 16.8 Å². The van der Waals surface area contributed by atoms with E-state index < -0.39 is 10.0 Å². The van der Waals surface area contributed by atoms with Crippen LogP contribution >= 0.6 is 22.6 Å². The van der Waals surface area contributed by atoms with Crippen molar-refractivity contribution in [2.75, 3.05) is 14.1 Å². The summed E-state index contributed by atoms with van der Waals surface area (Å²) in [5.74, 6) is -0.183. The van der Waals surface area contributed by atoms with E-state index in [0.717, 1.165) is 33.6 Å². The number of carbonyl (C=O) groups excluding carboxylic acids is 1. The fourth-order valence-corrected chi connectivity index (χ4v) is 4.25. The van der Waals surface area contributed by atoms with Crippen LogP contribution in [-0.4, -0.2) is 38.8 Å². The summed E-state index contributed by atoms with van der Waals surface area (Å²) < 4.78 is 26.4. The van der Waals surface area contributed by atoms with Gasteiger partial charge >= 0.3 is 0 Å². The third-order valence-electron chi connectivity index (χ3n) is 4.15. The molecule has 1 aliphatic carbocycles. The second-order valence-corrected chi connectivity index (χ2v) is 9.41. The summed E-state index contributed by atoms with van der Waals surface area (Å²) in [6.45, 7) is 0. The van der Waals surface area contributed by atoms with Gasteiger partial charge in [-0.3, -0.25) is 4.79 Å². The molecule has 1 amide bonds. The lowest BCUT2D eigenvalue weighted by atomic mass is 10.1. The van der Waals surface area contributed by atoms with E-state index >= 15 is 0 Å². The van der Waals surface area contributed by atoms with Gasteiger partial charge < -0.3 is 5.32 Å². The maximum Gasteiger partial charge on any atom is 0.252 e. The zero-order valence-corrected chi connectivity index (χ0v) is 16.5. The number of hydrogen-bond donors (Lipinski definition) is 1. The van der Waals surface area contributed by atoms with Crippen molar-refractivity contribution in [1.29, 1.82) is 0 Å². The molecular weight excluding hydrogens is 427 g/mol. The van der Waals surface area contributed by atoms with Crippen molar-refractivity contribution in [3.05, 3.63) is 27.3 Å². The molecule has 0 radical (unpaired) electrons. The Hall–Kier alpha value is -0.670. The normalized spacial score (nSPS) is 17.0. The molecule has 7 heteroatoms. The minimum atomic E-state index is -3.54. The second-order valence-electron chi connectivity index (χ2n) is 6.09. The molecule has 1 N–H and O–H groups in total. The van der Waals surface area contributed by atoms with Gasteiger partial charge in [-0.25, -0.2) is 12.7 Å². The number of nitrogens with zero attached hydrogens (tertiary/aromatic N) is 1.